The molecule has 0 aromatic heterocycles. The van der Waals surface area contributed by atoms with E-state index in [9.17, 15) is 19.7 Å². The Hall–Kier alpha value is -2.15. The van der Waals surface area contributed by atoms with Crippen molar-refractivity contribution in [1.82, 2.24) is 5.32 Å². The number of nitrogens with one attached hydrogen (secondary N) is 1. The molecule has 0 aliphatic heterocycles. The lowest BCUT2D eigenvalue weighted by molar-refractivity contribution is -0.384. The largest absolute Gasteiger partial charge is 0.452 e. The maximum absolute atomic E-state index is 12.0. The average molecular weight is 355 g/mol. The van der Waals surface area contributed by atoms with Crippen LogP contribution in [0.3, 0.4) is 0 Å². The summed E-state index contributed by atoms with van der Waals surface area (Å²) in [7, 11) is 0. The summed E-state index contributed by atoms with van der Waals surface area (Å²) in [5, 5.41) is 13.6. The molecule has 2 atom stereocenters. The van der Waals surface area contributed by atoms with Crippen LogP contribution in [0.4, 0.5) is 5.69 Å². The molecule has 2 rings (SSSR count). The van der Waals surface area contributed by atoms with Crippen LogP contribution in [0.2, 0.25) is 5.02 Å². The van der Waals surface area contributed by atoms with E-state index in [0.29, 0.717) is 5.92 Å². The molecule has 7 nitrogen and oxygen atoms in total. The molecule has 0 unspecified atom stereocenters. The number of hydrogen-bond donors (Lipinski definition) is 1. The van der Waals surface area contributed by atoms with Crippen LogP contribution in [-0.2, 0) is 9.53 Å². The van der Waals surface area contributed by atoms with Crippen molar-refractivity contribution >= 4 is 29.2 Å². The van der Waals surface area contributed by atoms with E-state index in [2.05, 4.69) is 12.2 Å². The highest BCUT2D eigenvalue weighted by Gasteiger charge is 2.24. The second-order valence-electron chi connectivity index (χ2n) is 5.93. The number of carbonyl (C=O) groups excluding carboxylic acids is 2. The zero-order valence-corrected chi connectivity index (χ0v) is 14.0. The van der Waals surface area contributed by atoms with Crippen molar-refractivity contribution in [2.45, 2.75) is 38.6 Å². The Labute approximate surface area is 144 Å². The van der Waals surface area contributed by atoms with E-state index in [1.54, 1.807) is 0 Å². The third-order valence-corrected chi connectivity index (χ3v) is 4.50. The van der Waals surface area contributed by atoms with Crippen LogP contribution in [0.1, 0.15) is 43.0 Å². The Balaban J connectivity index is 1.91. The number of benzene rings is 1. The van der Waals surface area contributed by atoms with Gasteiger partial charge < -0.3 is 10.1 Å². The van der Waals surface area contributed by atoms with Gasteiger partial charge >= 0.3 is 5.97 Å². The van der Waals surface area contributed by atoms with E-state index < -0.39 is 17.5 Å². The summed E-state index contributed by atoms with van der Waals surface area (Å²) in [6.07, 6.45) is 4.21. The van der Waals surface area contributed by atoms with Crippen LogP contribution >= 0.6 is 11.6 Å². The smallest absolute Gasteiger partial charge is 0.340 e. The number of esters is 1. The van der Waals surface area contributed by atoms with Gasteiger partial charge in [0, 0.05) is 18.2 Å². The summed E-state index contributed by atoms with van der Waals surface area (Å²) >= 11 is 5.86. The second-order valence-corrected chi connectivity index (χ2v) is 6.34. The fourth-order valence-corrected chi connectivity index (χ4v) is 2.97. The van der Waals surface area contributed by atoms with Gasteiger partial charge in [-0.25, -0.2) is 4.79 Å². The fraction of sp³-hybridized carbons (Fsp3) is 0.500. The molecule has 130 valence electrons. The van der Waals surface area contributed by atoms with Crippen molar-refractivity contribution in [1.29, 1.82) is 0 Å². The highest BCUT2D eigenvalue weighted by atomic mass is 35.5. The summed E-state index contributed by atoms with van der Waals surface area (Å²) in [5.41, 5.74) is -0.406. The summed E-state index contributed by atoms with van der Waals surface area (Å²) in [6.45, 7) is 1.64. The normalized spacial score (nSPS) is 20.2. The van der Waals surface area contributed by atoms with Gasteiger partial charge in [0.1, 0.15) is 0 Å². The maximum atomic E-state index is 12.0. The van der Waals surface area contributed by atoms with Gasteiger partial charge in [-0.1, -0.05) is 31.4 Å². The molecule has 0 saturated heterocycles. The predicted molar refractivity (Wildman–Crippen MR) is 88.0 cm³/mol. The number of rotatable bonds is 5. The van der Waals surface area contributed by atoms with Gasteiger partial charge in [0.2, 0.25) is 0 Å². The number of ether oxygens (including phenoxy) is 1. The number of non-ortho nitro benzene ring substituents is 1. The molecule has 1 aliphatic carbocycles. The maximum Gasteiger partial charge on any atom is 0.340 e. The summed E-state index contributed by atoms with van der Waals surface area (Å²) in [4.78, 5) is 34.0. The third kappa shape index (κ3) is 4.67. The van der Waals surface area contributed by atoms with Crippen LogP contribution in [0, 0.1) is 16.0 Å². The molecule has 1 saturated carbocycles. The van der Waals surface area contributed by atoms with Gasteiger partial charge in [-0.05, 0) is 24.8 Å². The summed E-state index contributed by atoms with van der Waals surface area (Å²) in [5.74, 6) is -0.858. The van der Waals surface area contributed by atoms with Crippen LogP contribution in [0.25, 0.3) is 0 Å². The van der Waals surface area contributed by atoms with Crippen molar-refractivity contribution in [3.63, 3.8) is 0 Å². The highest BCUT2D eigenvalue weighted by Crippen LogP contribution is 2.24. The molecule has 1 N–H and O–H groups in total. The third-order valence-electron chi connectivity index (χ3n) is 4.17. The summed E-state index contributed by atoms with van der Waals surface area (Å²) < 4.78 is 4.92. The number of nitro benzene ring substituents is 1. The van der Waals surface area contributed by atoms with E-state index >= 15 is 0 Å². The molecule has 0 spiro atoms. The van der Waals surface area contributed by atoms with Crippen LogP contribution in [0.5, 0.6) is 0 Å². The minimum absolute atomic E-state index is 0.0342. The number of halogens is 1. The molecule has 1 fully saturated rings. The minimum Gasteiger partial charge on any atom is -0.452 e. The molecular weight excluding hydrogens is 336 g/mol. The van der Waals surface area contributed by atoms with E-state index in [0.717, 1.165) is 31.7 Å². The molecule has 24 heavy (non-hydrogen) atoms. The van der Waals surface area contributed by atoms with Gasteiger partial charge in [0.25, 0.3) is 11.6 Å². The van der Waals surface area contributed by atoms with Crippen molar-refractivity contribution in [2.24, 2.45) is 5.92 Å². The second kappa shape index (κ2) is 8.10. The first-order chi connectivity index (χ1) is 11.4. The van der Waals surface area contributed by atoms with E-state index in [4.69, 9.17) is 16.3 Å². The topological polar surface area (TPSA) is 98.5 Å². The molecule has 1 aromatic carbocycles. The molecule has 1 aromatic rings. The Kier molecular flexibility index (Phi) is 6.14. The Morgan fingerprint density at radius 1 is 1.38 bits per heavy atom. The number of carbonyl (C=O) groups is 2. The zero-order chi connectivity index (χ0) is 17.7. The minimum atomic E-state index is -0.865. The van der Waals surface area contributed by atoms with Crippen LogP contribution in [-0.4, -0.2) is 29.4 Å². The van der Waals surface area contributed by atoms with Crippen LogP contribution in [0.15, 0.2) is 18.2 Å². The molecule has 1 aliphatic rings. The van der Waals surface area contributed by atoms with Gasteiger partial charge in [-0.3, -0.25) is 14.9 Å². The van der Waals surface area contributed by atoms with E-state index in [1.807, 2.05) is 0 Å². The Bertz CT molecular complexity index is 649. The lowest BCUT2D eigenvalue weighted by atomic mass is 9.86. The standard InChI is InChI=1S/C16H19ClN2O5/c1-10-4-2-3-5-14(10)18-15(20)9-24-16(21)12-8-11(19(22)23)6-7-13(12)17/h6-8,10,14H,2-5,9H2,1H3,(H,18,20)/t10-,14+/m0/s1. The molecular formula is C16H19ClN2O5. The van der Waals surface area contributed by atoms with Crippen molar-refractivity contribution in [2.75, 3.05) is 6.61 Å². The predicted octanol–water partition coefficient (Wildman–Crippen LogP) is 3.10. The highest BCUT2D eigenvalue weighted by molar-refractivity contribution is 6.33. The average Bonchev–Trinajstić information content (AvgIpc) is 2.55. The Morgan fingerprint density at radius 2 is 2.08 bits per heavy atom. The van der Waals surface area contributed by atoms with Crippen molar-refractivity contribution in [3.8, 4) is 0 Å². The molecule has 0 radical (unpaired) electrons. The molecule has 0 bridgehead atoms. The molecule has 0 heterocycles. The van der Waals surface area contributed by atoms with Crippen LogP contribution < -0.4 is 5.32 Å². The number of nitrogens with zero attached hydrogens (tertiary/aromatic N) is 1. The molecule has 8 heteroatoms. The Morgan fingerprint density at radius 3 is 2.75 bits per heavy atom. The first-order valence-corrected chi connectivity index (χ1v) is 8.16. The fourth-order valence-electron chi connectivity index (χ4n) is 2.77. The van der Waals surface area contributed by atoms with Gasteiger partial charge in [-0.15, -0.1) is 0 Å². The number of hydrogen-bond acceptors (Lipinski definition) is 5. The zero-order valence-electron chi connectivity index (χ0n) is 13.3. The quantitative estimate of drug-likeness (QED) is 0.497. The lowest BCUT2D eigenvalue weighted by Gasteiger charge is -2.29. The van der Waals surface area contributed by atoms with Gasteiger partial charge in [-0.2, -0.15) is 0 Å². The molecule has 1 amide bonds. The number of amides is 1. The van der Waals surface area contributed by atoms with Gasteiger partial charge in [0.15, 0.2) is 6.61 Å². The van der Waals surface area contributed by atoms with E-state index in [1.165, 1.54) is 12.1 Å². The monoisotopic (exact) mass is 354 g/mol. The van der Waals surface area contributed by atoms with Crippen molar-refractivity contribution in [3.05, 3.63) is 38.9 Å². The lowest BCUT2D eigenvalue weighted by Crippen LogP contribution is -2.42. The SMILES string of the molecule is C[C@H]1CCCC[C@H]1NC(=O)COC(=O)c1cc([N+](=O)[O-])ccc1Cl. The number of nitro groups is 1. The first kappa shape index (κ1) is 18.2. The summed E-state index contributed by atoms with van der Waals surface area (Å²) in [6, 6.07) is 3.56. The van der Waals surface area contributed by atoms with E-state index in [-0.39, 0.29) is 28.2 Å². The van der Waals surface area contributed by atoms with Crippen molar-refractivity contribution < 1.29 is 19.2 Å². The van der Waals surface area contributed by atoms with Gasteiger partial charge in [0.05, 0.1) is 15.5 Å². The first-order valence-electron chi connectivity index (χ1n) is 7.79.